The van der Waals surface area contributed by atoms with Gasteiger partial charge in [0, 0.05) is 23.3 Å². The number of nitrogens with one attached hydrogen (secondary N) is 1. The molecule has 0 bridgehead atoms. The van der Waals surface area contributed by atoms with Gasteiger partial charge in [0.2, 0.25) is 0 Å². The maximum atomic E-state index is 5.74. The zero-order valence-corrected chi connectivity index (χ0v) is 14.6. The van der Waals surface area contributed by atoms with Gasteiger partial charge in [-0.3, -0.25) is 0 Å². The fraction of sp³-hybridized carbons (Fsp3) is 0.300. The van der Waals surface area contributed by atoms with Crippen molar-refractivity contribution < 1.29 is 9.47 Å². The number of aromatic amines is 1. The van der Waals surface area contributed by atoms with Crippen LogP contribution in [-0.4, -0.2) is 29.2 Å². The number of nitrogens with zero attached hydrogens (tertiary/aromatic N) is 2. The fourth-order valence-electron chi connectivity index (χ4n) is 3.82. The molecule has 3 N–H and O–H groups in total. The number of pyridine rings is 1. The number of hydrogen-bond acceptors (Lipinski definition) is 5. The number of rotatable bonds is 2. The number of hydrogen-bond donors (Lipinski definition) is 2. The summed E-state index contributed by atoms with van der Waals surface area (Å²) >= 11 is 0. The molecule has 2 aliphatic rings. The Bertz CT molecular complexity index is 1040. The monoisotopic (exact) mass is 348 g/mol. The van der Waals surface area contributed by atoms with E-state index in [1.54, 1.807) is 0 Å². The Morgan fingerprint density at radius 2 is 2.15 bits per heavy atom. The first-order valence-corrected chi connectivity index (χ1v) is 8.82. The van der Waals surface area contributed by atoms with Crippen LogP contribution in [0.2, 0.25) is 0 Å². The average Bonchev–Trinajstić information content (AvgIpc) is 3.26. The van der Waals surface area contributed by atoms with E-state index < -0.39 is 0 Å². The van der Waals surface area contributed by atoms with E-state index >= 15 is 0 Å². The molecule has 0 saturated carbocycles. The number of amidine groups is 1. The highest BCUT2D eigenvalue weighted by molar-refractivity contribution is 5.84. The average molecular weight is 348 g/mol. The summed E-state index contributed by atoms with van der Waals surface area (Å²) in [4.78, 5) is 12.2. The Balaban J connectivity index is 1.67. The topological polar surface area (TPSA) is 85.5 Å². The molecule has 5 rings (SSSR count). The fourth-order valence-corrected chi connectivity index (χ4v) is 3.82. The Kier molecular flexibility index (Phi) is 3.46. The van der Waals surface area contributed by atoms with Crippen LogP contribution in [-0.2, 0) is 22.5 Å². The van der Waals surface area contributed by atoms with E-state index in [9.17, 15) is 0 Å². The predicted molar refractivity (Wildman–Crippen MR) is 99.9 cm³/mol. The highest BCUT2D eigenvalue weighted by Gasteiger charge is 2.25. The van der Waals surface area contributed by atoms with Crippen molar-refractivity contribution in [3.05, 3.63) is 52.8 Å². The van der Waals surface area contributed by atoms with Crippen molar-refractivity contribution in [3.63, 3.8) is 0 Å². The molecule has 1 unspecified atom stereocenters. The lowest BCUT2D eigenvalue weighted by Gasteiger charge is -2.23. The van der Waals surface area contributed by atoms with Gasteiger partial charge in [-0.25, -0.2) is 9.98 Å². The van der Waals surface area contributed by atoms with Gasteiger partial charge in [0.05, 0.1) is 13.2 Å². The van der Waals surface area contributed by atoms with Gasteiger partial charge in [-0.1, -0.05) is 6.07 Å². The van der Waals surface area contributed by atoms with E-state index in [1.807, 2.05) is 12.4 Å². The smallest absolute Gasteiger partial charge is 0.282 e. The van der Waals surface area contributed by atoms with Crippen LogP contribution in [0.3, 0.4) is 0 Å². The zero-order valence-electron chi connectivity index (χ0n) is 14.6. The van der Waals surface area contributed by atoms with E-state index in [2.05, 4.69) is 40.1 Å². The Morgan fingerprint density at radius 1 is 1.23 bits per heavy atom. The number of fused-ring (bicyclic) bond motifs is 2. The molecule has 0 fully saturated rings. The molecule has 1 aromatic carbocycles. The third-order valence-corrected chi connectivity index (χ3v) is 5.24. The van der Waals surface area contributed by atoms with Crippen LogP contribution in [0.25, 0.3) is 22.2 Å². The predicted octanol–water partition coefficient (Wildman–Crippen LogP) is 3.00. The molecule has 3 aromatic rings. The summed E-state index contributed by atoms with van der Waals surface area (Å²) in [7, 11) is 0. The lowest BCUT2D eigenvalue weighted by Crippen LogP contribution is -2.14. The quantitative estimate of drug-likeness (QED) is 0.745. The molecule has 2 aliphatic heterocycles. The number of aryl methyl sites for hydroxylation is 1. The highest BCUT2D eigenvalue weighted by Crippen LogP contribution is 2.35. The van der Waals surface area contributed by atoms with Crippen LogP contribution >= 0.6 is 0 Å². The second kappa shape index (κ2) is 5.85. The molecule has 0 saturated heterocycles. The van der Waals surface area contributed by atoms with E-state index in [0.717, 1.165) is 40.8 Å². The minimum absolute atomic E-state index is 0.0731. The number of aliphatic imine (C=N–C) groups is 1. The molecule has 1 atom stereocenters. The first kappa shape index (κ1) is 15.4. The summed E-state index contributed by atoms with van der Waals surface area (Å²) in [5.41, 5.74) is 13.8. The van der Waals surface area contributed by atoms with Gasteiger partial charge in [-0.15, -0.1) is 0 Å². The summed E-state index contributed by atoms with van der Waals surface area (Å²) in [5, 5.41) is 1.15. The minimum Gasteiger partial charge on any atom is -0.463 e. The molecule has 26 heavy (non-hydrogen) atoms. The molecule has 0 amide bonds. The van der Waals surface area contributed by atoms with Crippen LogP contribution in [0.1, 0.15) is 28.3 Å². The van der Waals surface area contributed by atoms with Crippen LogP contribution < -0.4 is 5.73 Å². The standard InChI is InChI=1S/C20H20N4O2/c1-11-7-22-19-15(11)6-14(8-23-19)13-4-12-2-3-25-9-17(12)16(5-13)18-10-26-20(21)24-18/h4-8,18H,2-3,9-10H2,1H3,(H2,21,24)(H,22,23). The largest absolute Gasteiger partial charge is 0.463 e. The lowest BCUT2D eigenvalue weighted by molar-refractivity contribution is 0.109. The first-order valence-electron chi connectivity index (χ1n) is 8.82. The SMILES string of the molecule is Cc1c[nH]c2ncc(-c3cc4c(c(C5COC(N)=N5)c3)COCC4)cc12. The number of nitrogens with two attached hydrogens (primary N) is 1. The van der Waals surface area contributed by atoms with Gasteiger partial charge < -0.3 is 20.2 Å². The van der Waals surface area contributed by atoms with Crippen molar-refractivity contribution in [1.29, 1.82) is 0 Å². The van der Waals surface area contributed by atoms with E-state index in [0.29, 0.717) is 13.2 Å². The highest BCUT2D eigenvalue weighted by atomic mass is 16.5. The number of aromatic nitrogens is 2. The van der Waals surface area contributed by atoms with Gasteiger partial charge in [-0.2, -0.15) is 0 Å². The zero-order chi connectivity index (χ0) is 17.7. The van der Waals surface area contributed by atoms with Crippen LogP contribution in [0.5, 0.6) is 0 Å². The number of ether oxygens (including phenoxy) is 2. The third kappa shape index (κ3) is 2.45. The molecule has 4 heterocycles. The van der Waals surface area contributed by atoms with E-state index in [4.69, 9.17) is 15.2 Å². The van der Waals surface area contributed by atoms with Crippen molar-refractivity contribution in [2.24, 2.45) is 10.7 Å². The second-order valence-electron chi connectivity index (χ2n) is 6.89. The molecule has 2 aromatic heterocycles. The molecule has 0 radical (unpaired) electrons. The Hall–Kier alpha value is -2.86. The van der Waals surface area contributed by atoms with Crippen molar-refractivity contribution in [2.45, 2.75) is 26.0 Å². The van der Waals surface area contributed by atoms with Crippen molar-refractivity contribution >= 4 is 17.1 Å². The van der Waals surface area contributed by atoms with Crippen LogP contribution in [0, 0.1) is 6.92 Å². The van der Waals surface area contributed by atoms with Crippen LogP contribution in [0.15, 0.2) is 35.6 Å². The van der Waals surface area contributed by atoms with Gasteiger partial charge >= 0.3 is 0 Å². The summed E-state index contributed by atoms with van der Waals surface area (Å²) in [6, 6.07) is 6.83. The Morgan fingerprint density at radius 3 is 3.00 bits per heavy atom. The van der Waals surface area contributed by atoms with Crippen LogP contribution in [0.4, 0.5) is 0 Å². The molecular formula is C20H20N4O2. The summed E-state index contributed by atoms with van der Waals surface area (Å²) in [5.74, 6) is 0. The summed E-state index contributed by atoms with van der Waals surface area (Å²) in [6.07, 6.45) is 4.82. The molecule has 6 nitrogen and oxygen atoms in total. The van der Waals surface area contributed by atoms with Crippen molar-refractivity contribution in [1.82, 2.24) is 9.97 Å². The first-order chi connectivity index (χ1) is 12.7. The number of H-pyrrole nitrogens is 1. The van der Waals surface area contributed by atoms with E-state index in [1.165, 1.54) is 16.7 Å². The van der Waals surface area contributed by atoms with Gasteiger partial charge in [0.15, 0.2) is 0 Å². The van der Waals surface area contributed by atoms with Crippen molar-refractivity contribution in [2.75, 3.05) is 13.2 Å². The maximum absolute atomic E-state index is 5.74. The normalized spacial score (nSPS) is 19.3. The lowest BCUT2D eigenvalue weighted by atomic mass is 9.89. The number of benzene rings is 1. The van der Waals surface area contributed by atoms with Gasteiger partial charge in [0.1, 0.15) is 18.3 Å². The summed E-state index contributed by atoms with van der Waals surface area (Å²) in [6.45, 7) is 3.94. The van der Waals surface area contributed by atoms with Gasteiger partial charge in [0.25, 0.3) is 6.02 Å². The second-order valence-corrected chi connectivity index (χ2v) is 6.89. The summed E-state index contributed by atoms with van der Waals surface area (Å²) < 4.78 is 11.1. The third-order valence-electron chi connectivity index (χ3n) is 5.24. The Labute approximate surface area is 151 Å². The maximum Gasteiger partial charge on any atom is 0.282 e. The van der Waals surface area contributed by atoms with Gasteiger partial charge in [-0.05, 0) is 53.3 Å². The molecule has 6 heteroatoms. The molecular weight excluding hydrogens is 328 g/mol. The van der Waals surface area contributed by atoms with E-state index in [-0.39, 0.29) is 12.1 Å². The molecule has 0 spiro atoms. The van der Waals surface area contributed by atoms with Crippen molar-refractivity contribution in [3.8, 4) is 11.1 Å². The molecule has 0 aliphatic carbocycles. The molecule has 132 valence electrons. The minimum atomic E-state index is -0.0731.